The van der Waals surface area contributed by atoms with Crippen LogP contribution in [-0.4, -0.2) is 24.6 Å². The fraction of sp³-hybridized carbons (Fsp3) is 0.125. The Hall–Kier alpha value is -1.46. The van der Waals surface area contributed by atoms with Crippen molar-refractivity contribution in [2.24, 2.45) is 0 Å². The minimum absolute atomic E-state index is 0.269. The van der Waals surface area contributed by atoms with Gasteiger partial charge in [0.15, 0.2) is 17.0 Å². The number of hydrogen-bond donors (Lipinski definition) is 1. The third-order valence-electron chi connectivity index (χ3n) is 1.81. The Morgan fingerprint density at radius 3 is 3.00 bits per heavy atom. The van der Waals surface area contributed by atoms with E-state index in [4.69, 9.17) is 11.6 Å². The van der Waals surface area contributed by atoms with Gasteiger partial charge in [0.1, 0.15) is 11.8 Å². The summed E-state index contributed by atoms with van der Waals surface area (Å²) < 4.78 is 1.45. The van der Waals surface area contributed by atoms with E-state index in [9.17, 15) is 5.11 Å². The molecule has 2 aromatic rings. The van der Waals surface area contributed by atoms with Gasteiger partial charge in [-0.3, -0.25) is 4.57 Å². The van der Waals surface area contributed by atoms with Crippen LogP contribution in [0.1, 0.15) is 6.23 Å². The van der Waals surface area contributed by atoms with Gasteiger partial charge in [-0.1, -0.05) is 18.2 Å². The Labute approximate surface area is 84.7 Å². The quantitative estimate of drug-likeness (QED) is 0.597. The van der Waals surface area contributed by atoms with Gasteiger partial charge in [-0.25, -0.2) is 15.0 Å². The molecule has 1 atom stereocenters. The zero-order valence-electron chi connectivity index (χ0n) is 7.13. The lowest BCUT2D eigenvalue weighted by molar-refractivity contribution is 0.158. The molecule has 0 aliphatic rings. The van der Waals surface area contributed by atoms with E-state index in [2.05, 4.69) is 21.5 Å². The predicted octanol–water partition coefficient (Wildman–Crippen LogP) is 1.16. The maximum absolute atomic E-state index is 9.51. The lowest BCUT2D eigenvalue weighted by Crippen LogP contribution is -2.04. The molecule has 0 aliphatic carbocycles. The molecule has 2 rings (SSSR count). The fourth-order valence-electron chi connectivity index (χ4n) is 1.13. The highest BCUT2D eigenvalue weighted by Crippen LogP contribution is 2.19. The molecular formula is C8H7ClN4O. The Morgan fingerprint density at radius 2 is 2.29 bits per heavy atom. The Balaban J connectivity index is 2.69. The van der Waals surface area contributed by atoms with E-state index in [0.29, 0.717) is 11.2 Å². The Morgan fingerprint density at radius 1 is 1.50 bits per heavy atom. The summed E-state index contributed by atoms with van der Waals surface area (Å²) in [5, 5.41) is 9.78. The van der Waals surface area contributed by atoms with Gasteiger partial charge in [0.25, 0.3) is 0 Å². The van der Waals surface area contributed by atoms with Gasteiger partial charge in [-0.05, 0) is 6.08 Å². The van der Waals surface area contributed by atoms with E-state index in [0.717, 1.165) is 0 Å². The van der Waals surface area contributed by atoms with Crippen LogP contribution in [0.3, 0.4) is 0 Å². The summed E-state index contributed by atoms with van der Waals surface area (Å²) in [6.45, 7) is 3.47. The van der Waals surface area contributed by atoms with Crippen LogP contribution in [-0.2, 0) is 0 Å². The summed E-state index contributed by atoms with van der Waals surface area (Å²) in [7, 11) is 0. The van der Waals surface area contributed by atoms with Crippen molar-refractivity contribution in [2.45, 2.75) is 6.23 Å². The van der Waals surface area contributed by atoms with Crippen molar-refractivity contribution in [3.05, 3.63) is 30.5 Å². The van der Waals surface area contributed by atoms with Crippen LogP contribution in [0.25, 0.3) is 11.2 Å². The van der Waals surface area contributed by atoms with Crippen molar-refractivity contribution >= 4 is 22.8 Å². The first-order chi connectivity index (χ1) is 6.74. The molecule has 0 amide bonds. The summed E-state index contributed by atoms with van der Waals surface area (Å²) in [5.41, 5.74) is 0.951. The highest BCUT2D eigenvalue weighted by atomic mass is 35.5. The second-order valence-corrected chi connectivity index (χ2v) is 3.00. The van der Waals surface area contributed by atoms with Crippen LogP contribution in [0.2, 0.25) is 5.15 Å². The molecule has 1 unspecified atom stereocenters. The summed E-state index contributed by atoms with van der Waals surface area (Å²) in [6, 6.07) is 0. The van der Waals surface area contributed by atoms with Gasteiger partial charge in [0.05, 0.1) is 6.33 Å². The van der Waals surface area contributed by atoms with Gasteiger partial charge in [0, 0.05) is 0 Å². The maximum Gasteiger partial charge on any atom is 0.167 e. The summed E-state index contributed by atoms with van der Waals surface area (Å²) in [6.07, 6.45) is 3.28. The molecule has 2 heterocycles. The van der Waals surface area contributed by atoms with Gasteiger partial charge in [-0.15, -0.1) is 0 Å². The van der Waals surface area contributed by atoms with Crippen LogP contribution in [0.15, 0.2) is 25.3 Å². The monoisotopic (exact) mass is 210 g/mol. The van der Waals surface area contributed by atoms with Crippen LogP contribution in [0.4, 0.5) is 0 Å². The second-order valence-electron chi connectivity index (χ2n) is 2.64. The van der Waals surface area contributed by atoms with E-state index in [1.807, 2.05) is 0 Å². The van der Waals surface area contributed by atoms with E-state index in [1.54, 1.807) is 0 Å². The molecule has 0 saturated carbocycles. The van der Waals surface area contributed by atoms with Crippen molar-refractivity contribution in [1.29, 1.82) is 0 Å². The third kappa shape index (κ3) is 1.26. The maximum atomic E-state index is 9.51. The SMILES string of the molecule is C=CC(O)n1cnc2c(Cl)ncnc21. The molecule has 0 radical (unpaired) electrons. The molecule has 72 valence electrons. The fourth-order valence-corrected chi connectivity index (χ4v) is 1.31. The average Bonchev–Trinajstić information content (AvgIpc) is 2.62. The number of imidazole rings is 1. The van der Waals surface area contributed by atoms with Crippen LogP contribution < -0.4 is 0 Å². The first-order valence-electron chi connectivity index (χ1n) is 3.87. The van der Waals surface area contributed by atoms with E-state index in [1.165, 1.54) is 23.3 Å². The van der Waals surface area contributed by atoms with Crippen molar-refractivity contribution < 1.29 is 5.11 Å². The second kappa shape index (κ2) is 3.36. The number of rotatable bonds is 2. The summed E-state index contributed by atoms with van der Waals surface area (Å²) in [5.74, 6) is 0. The molecule has 1 N–H and O–H groups in total. The van der Waals surface area contributed by atoms with E-state index in [-0.39, 0.29) is 5.15 Å². The molecule has 14 heavy (non-hydrogen) atoms. The lowest BCUT2D eigenvalue weighted by atomic mass is 10.5. The minimum Gasteiger partial charge on any atom is -0.369 e. The number of nitrogens with zero attached hydrogens (tertiary/aromatic N) is 4. The van der Waals surface area contributed by atoms with Crippen LogP contribution >= 0.6 is 11.6 Å². The molecule has 0 spiro atoms. The number of hydrogen-bond acceptors (Lipinski definition) is 4. The zero-order chi connectivity index (χ0) is 10.1. The number of fused-ring (bicyclic) bond motifs is 1. The molecule has 0 aromatic carbocycles. The number of aliphatic hydroxyl groups excluding tert-OH is 1. The lowest BCUT2D eigenvalue weighted by Gasteiger charge is -2.06. The van der Waals surface area contributed by atoms with Crippen molar-refractivity contribution in [3.63, 3.8) is 0 Å². The molecule has 6 heteroatoms. The summed E-state index contributed by atoms with van der Waals surface area (Å²) in [4.78, 5) is 11.7. The average molecular weight is 211 g/mol. The molecule has 2 aromatic heterocycles. The Kier molecular flexibility index (Phi) is 2.18. The summed E-state index contributed by atoms with van der Waals surface area (Å²) >= 11 is 5.78. The molecule has 5 nitrogen and oxygen atoms in total. The molecule has 0 fully saturated rings. The molecule has 0 aliphatic heterocycles. The largest absolute Gasteiger partial charge is 0.369 e. The number of aromatic nitrogens is 4. The molecular weight excluding hydrogens is 204 g/mol. The number of aliphatic hydroxyl groups is 1. The van der Waals surface area contributed by atoms with Crippen LogP contribution in [0.5, 0.6) is 0 Å². The van der Waals surface area contributed by atoms with E-state index < -0.39 is 6.23 Å². The van der Waals surface area contributed by atoms with Gasteiger partial charge in [0.2, 0.25) is 0 Å². The smallest absolute Gasteiger partial charge is 0.167 e. The topological polar surface area (TPSA) is 63.8 Å². The normalized spacial score (nSPS) is 13.0. The third-order valence-corrected chi connectivity index (χ3v) is 2.09. The predicted molar refractivity (Wildman–Crippen MR) is 51.8 cm³/mol. The van der Waals surface area contributed by atoms with Crippen LogP contribution in [0, 0.1) is 0 Å². The van der Waals surface area contributed by atoms with Gasteiger partial charge >= 0.3 is 0 Å². The van der Waals surface area contributed by atoms with Gasteiger partial charge in [-0.2, -0.15) is 0 Å². The Bertz CT molecular complexity index is 481. The first-order valence-corrected chi connectivity index (χ1v) is 4.25. The van der Waals surface area contributed by atoms with Crippen molar-refractivity contribution in [3.8, 4) is 0 Å². The van der Waals surface area contributed by atoms with Crippen molar-refractivity contribution in [2.75, 3.05) is 0 Å². The first kappa shape index (κ1) is 9.11. The van der Waals surface area contributed by atoms with E-state index >= 15 is 0 Å². The van der Waals surface area contributed by atoms with Gasteiger partial charge < -0.3 is 5.11 Å². The highest BCUT2D eigenvalue weighted by Gasteiger charge is 2.11. The number of halogens is 1. The minimum atomic E-state index is -0.856. The molecule has 0 bridgehead atoms. The highest BCUT2D eigenvalue weighted by molar-refractivity contribution is 6.33. The zero-order valence-corrected chi connectivity index (χ0v) is 7.89. The van der Waals surface area contributed by atoms with Crippen molar-refractivity contribution in [1.82, 2.24) is 19.5 Å². The molecule has 0 saturated heterocycles. The standard InChI is InChI=1S/C8H7ClN4O/c1-2-5(14)13-4-12-6-7(9)10-3-11-8(6)13/h2-5,14H,1H2.